The van der Waals surface area contributed by atoms with Crippen molar-refractivity contribution in [2.75, 3.05) is 6.61 Å². The Labute approximate surface area is 86.7 Å². The van der Waals surface area contributed by atoms with E-state index in [1.807, 2.05) is 12.1 Å². The summed E-state index contributed by atoms with van der Waals surface area (Å²) in [6.45, 7) is 0.490. The van der Waals surface area contributed by atoms with E-state index in [4.69, 9.17) is 5.90 Å². The molecule has 0 unspecified atom stereocenters. The third kappa shape index (κ3) is 2.36. The van der Waals surface area contributed by atoms with E-state index in [1.165, 1.54) is 6.33 Å². The van der Waals surface area contributed by atoms with Gasteiger partial charge in [0.2, 0.25) is 0 Å². The fourth-order valence-electron chi connectivity index (χ4n) is 1.20. The predicted molar refractivity (Wildman–Crippen MR) is 53.0 cm³/mol. The van der Waals surface area contributed by atoms with E-state index in [2.05, 4.69) is 19.9 Å². The maximum Gasteiger partial charge on any atom is 0.155 e. The molecule has 2 heterocycles. The summed E-state index contributed by atoms with van der Waals surface area (Å²) in [6.07, 6.45) is 5.60. The Morgan fingerprint density at radius 1 is 1.40 bits per heavy atom. The van der Waals surface area contributed by atoms with Crippen molar-refractivity contribution in [2.24, 2.45) is 5.90 Å². The minimum absolute atomic E-state index is 0.490. The molecule has 0 amide bonds. The molecule has 0 atom stereocenters. The van der Waals surface area contributed by atoms with Crippen LogP contribution >= 0.6 is 0 Å². The second-order valence-electron chi connectivity index (χ2n) is 2.99. The van der Waals surface area contributed by atoms with Crippen molar-refractivity contribution in [1.29, 1.82) is 0 Å². The highest BCUT2D eigenvalue weighted by Gasteiger charge is 1.98. The summed E-state index contributed by atoms with van der Waals surface area (Å²) in [5.41, 5.74) is 1.07. The van der Waals surface area contributed by atoms with Crippen molar-refractivity contribution in [2.45, 2.75) is 6.42 Å². The van der Waals surface area contributed by atoms with Gasteiger partial charge in [-0.2, -0.15) is 5.10 Å². The molecule has 0 spiro atoms. The standard InChI is InChI=1S/C9H11N5O/c10-15-4-3-8-1-2-9(12-5-8)14-7-11-6-13-14/h1-2,5-7H,3-4,10H2. The SMILES string of the molecule is NOCCc1ccc(-n2cncn2)nc1. The van der Waals surface area contributed by atoms with Crippen LogP contribution in [0, 0.1) is 0 Å². The van der Waals surface area contributed by atoms with Gasteiger partial charge in [0.1, 0.15) is 12.7 Å². The van der Waals surface area contributed by atoms with Crippen molar-refractivity contribution in [3.63, 3.8) is 0 Å². The fourth-order valence-corrected chi connectivity index (χ4v) is 1.20. The Kier molecular flexibility index (Phi) is 3.01. The van der Waals surface area contributed by atoms with E-state index in [-0.39, 0.29) is 0 Å². The molecule has 2 aromatic rings. The summed E-state index contributed by atoms with van der Waals surface area (Å²) in [6, 6.07) is 3.84. The first-order chi connectivity index (χ1) is 7.40. The first-order valence-corrected chi connectivity index (χ1v) is 4.52. The third-order valence-electron chi connectivity index (χ3n) is 1.97. The zero-order valence-electron chi connectivity index (χ0n) is 8.08. The Bertz CT molecular complexity index is 397. The summed E-state index contributed by atoms with van der Waals surface area (Å²) in [5.74, 6) is 5.68. The average molecular weight is 205 g/mol. The number of pyridine rings is 1. The second-order valence-corrected chi connectivity index (χ2v) is 2.99. The molecule has 15 heavy (non-hydrogen) atoms. The summed E-state index contributed by atoms with van der Waals surface area (Å²) < 4.78 is 1.60. The van der Waals surface area contributed by atoms with Crippen LogP contribution in [0.4, 0.5) is 0 Å². The Hall–Kier alpha value is -1.79. The Morgan fingerprint density at radius 3 is 2.93 bits per heavy atom. The molecule has 0 fully saturated rings. The first kappa shape index (κ1) is 9.75. The van der Waals surface area contributed by atoms with Crippen LogP contribution in [0.15, 0.2) is 31.0 Å². The molecule has 0 aliphatic carbocycles. The van der Waals surface area contributed by atoms with Gasteiger partial charge < -0.3 is 4.84 Å². The van der Waals surface area contributed by atoms with Crippen LogP contribution in [-0.2, 0) is 11.3 Å². The van der Waals surface area contributed by atoms with Crippen LogP contribution in [0.3, 0.4) is 0 Å². The lowest BCUT2D eigenvalue weighted by Gasteiger charge is -2.01. The zero-order valence-corrected chi connectivity index (χ0v) is 8.08. The lowest BCUT2D eigenvalue weighted by atomic mass is 10.2. The maximum absolute atomic E-state index is 4.94. The van der Waals surface area contributed by atoms with Gasteiger partial charge in [-0.15, -0.1) is 0 Å². The van der Waals surface area contributed by atoms with Gasteiger partial charge in [-0.25, -0.2) is 20.5 Å². The smallest absolute Gasteiger partial charge is 0.155 e. The van der Waals surface area contributed by atoms with Gasteiger partial charge in [0, 0.05) is 6.20 Å². The van der Waals surface area contributed by atoms with E-state index >= 15 is 0 Å². The minimum atomic E-state index is 0.490. The van der Waals surface area contributed by atoms with Crippen LogP contribution in [0.25, 0.3) is 5.82 Å². The molecule has 2 N–H and O–H groups in total. The molecule has 0 saturated carbocycles. The number of nitrogens with two attached hydrogens (primary N) is 1. The van der Waals surface area contributed by atoms with Crippen molar-refractivity contribution < 1.29 is 4.84 Å². The molecule has 78 valence electrons. The lowest BCUT2D eigenvalue weighted by molar-refractivity contribution is 0.141. The van der Waals surface area contributed by atoms with Crippen LogP contribution in [0.2, 0.25) is 0 Å². The van der Waals surface area contributed by atoms with Gasteiger partial charge in [0.15, 0.2) is 5.82 Å². The van der Waals surface area contributed by atoms with E-state index in [1.54, 1.807) is 17.2 Å². The minimum Gasteiger partial charge on any atom is -0.304 e. The number of hydrogen-bond donors (Lipinski definition) is 1. The summed E-state index contributed by atoms with van der Waals surface area (Å²) in [4.78, 5) is 12.6. The third-order valence-corrected chi connectivity index (χ3v) is 1.97. The lowest BCUT2D eigenvalue weighted by Crippen LogP contribution is -2.04. The van der Waals surface area contributed by atoms with Gasteiger partial charge in [0.05, 0.1) is 6.61 Å². The molecular formula is C9H11N5O. The highest BCUT2D eigenvalue weighted by Crippen LogP contribution is 2.04. The molecule has 6 heteroatoms. The van der Waals surface area contributed by atoms with Crippen molar-refractivity contribution >= 4 is 0 Å². The fraction of sp³-hybridized carbons (Fsp3) is 0.222. The normalized spacial score (nSPS) is 10.5. The maximum atomic E-state index is 4.94. The van der Waals surface area contributed by atoms with E-state index < -0.39 is 0 Å². The first-order valence-electron chi connectivity index (χ1n) is 4.52. The Balaban J connectivity index is 2.11. The van der Waals surface area contributed by atoms with E-state index in [9.17, 15) is 0 Å². The molecule has 2 rings (SSSR count). The largest absolute Gasteiger partial charge is 0.304 e. The van der Waals surface area contributed by atoms with Gasteiger partial charge in [-0.05, 0) is 18.1 Å². The molecule has 0 aliphatic rings. The molecule has 2 aromatic heterocycles. The number of hydrogen-bond acceptors (Lipinski definition) is 5. The van der Waals surface area contributed by atoms with Crippen molar-refractivity contribution in [3.8, 4) is 5.82 Å². The molecule has 0 aliphatic heterocycles. The summed E-state index contributed by atoms with van der Waals surface area (Å²) in [7, 11) is 0. The molecule has 0 aromatic carbocycles. The monoisotopic (exact) mass is 205 g/mol. The summed E-state index contributed by atoms with van der Waals surface area (Å²) >= 11 is 0. The highest BCUT2D eigenvalue weighted by molar-refractivity contribution is 5.23. The molecular weight excluding hydrogens is 194 g/mol. The predicted octanol–water partition coefficient (Wildman–Crippen LogP) is 0.0951. The molecule has 6 nitrogen and oxygen atoms in total. The van der Waals surface area contributed by atoms with Crippen LogP contribution in [0.5, 0.6) is 0 Å². The quantitative estimate of drug-likeness (QED) is 0.716. The highest BCUT2D eigenvalue weighted by atomic mass is 16.6. The van der Waals surface area contributed by atoms with Crippen molar-refractivity contribution in [1.82, 2.24) is 19.7 Å². The van der Waals surface area contributed by atoms with E-state index in [0.717, 1.165) is 17.8 Å². The molecule has 0 radical (unpaired) electrons. The molecule has 0 saturated heterocycles. The van der Waals surface area contributed by atoms with Gasteiger partial charge in [-0.1, -0.05) is 6.07 Å². The number of aromatic nitrogens is 4. The summed E-state index contributed by atoms with van der Waals surface area (Å²) in [5, 5.41) is 3.98. The van der Waals surface area contributed by atoms with Gasteiger partial charge in [0.25, 0.3) is 0 Å². The Morgan fingerprint density at radius 2 is 2.33 bits per heavy atom. The molecule has 0 bridgehead atoms. The van der Waals surface area contributed by atoms with Crippen molar-refractivity contribution in [3.05, 3.63) is 36.5 Å². The van der Waals surface area contributed by atoms with Crippen LogP contribution in [-0.4, -0.2) is 26.4 Å². The van der Waals surface area contributed by atoms with Gasteiger partial charge in [-0.3, -0.25) is 0 Å². The van der Waals surface area contributed by atoms with E-state index in [0.29, 0.717) is 6.61 Å². The van der Waals surface area contributed by atoms with Crippen LogP contribution < -0.4 is 5.90 Å². The van der Waals surface area contributed by atoms with Gasteiger partial charge >= 0.3 is 0 Å². The number of nitrogens with zero attached hydrogens (tertiary/aromatic N) is 4. The topological polar surface area (TPSA) is 78.9 Å². The second kappa shape index (κ2) is 4.63. The number of rotatable bonds is 4. The zero-order chi connectivity index (χ0) is 10.5. The van der Waals surface area contributed by atoms with Crippen LogP contribution in [0.1, 0.15) is 5.56 Å². The average Bonchev–Trinajstić information content (AvgIpc) is 2.80.